The normalized spacial score (nSPS) is 10.7. The molecule has 0 fully saturated rings. The number of carboxylic acid groups (broad SMARTS) is 1. The molecule has 0 aliphatic carbocycles. The van der Waals surface area contributed by atoms with Gasteiger partial charge in [-0.15, -0.1) is 11.3 Å². The largest absolute Gasteiger partial charge is 0.478 e. The number of pyridine rings is 1. The van der Waals surface area contributed by atoms with Crippen LogP contribution in [-0.2, 0) is 4.79 Å². The third kappa shape index (κ3) is 3.30. The highest BCUT2D eigenvalue weighted by atomic mass is 32.1. The molecule has 102 valence electrons. The molecule has 0 aliphatic heterocycles. The molecule has 0 bridgehead atoms. The molecule has 0 unspecified atom stereocenters. The maximum atomic E-state index is 12.2. The van der Waals surface area contributed by atoms with Crippen molar-refractivity contribution < 1.29 is 14.7 Å². The molecule has 1 amide bonds. The number of aromatic nitrogens is 1. The summed E-state index contributed by atoms with van der Waals surface area (Å²) in [6.45, 7) is 1.87. The molecule has 2 heterocycles. The second-order valence-corrected chi connectivity index (χ2v) is 4.94. The van der Waals surface area contributed by atoms with Gasteiger partial charge in [0, 0.05) is 12.3 Å². The van der Waals surface area contributed by atoms with Crippen LogP contribution in [0.2, 0.25) is 0 Å². The summed E-state index contributed by atoms with van der Waals surface area (Å²) in [6.07, 6.45) is 5.64. The van der Waals surface area contributed by atoms with E-state index in [9.17, 15) is 9.59 Å². The van der Waals surface area contributed by atoms with Gasteiger partial charge < -0.3 is 10.4 Å². The van der Waals surface area contributed by atoms with Crippen molar-refractivity contribution in [1.82, 2.24) is 4.98 Å². The van der Waals surface area contributed by atoms with Gasteiger partial charge in [0.2, 0.25) is 0 Å². The van der Waals surface area contributed by atoms with Gasteiger partial charge in [-0.3, -0.25) is 9.78 Å². The first-order valence-electron chi connectivity index (χ1n) is 5.78. The van der Waals surface area contributed by atoms with Gasteiger partial charge in [-0.2, -0.15) is 0 Å². The number of amides is 1. The highest BCUT2D eigenvalue weighted by molar-refractivity contribution is 7.12. The quantitative estimate of drug-likeness (QED) is 0.848. The molecule has 0 radical (unpaired) electrons. The smallest absolute Gasteiger partial charge is 0.328 e. The Morgan fingerprint density at radius 1 is 1.40 bits per heavy atom. The average molecular weight is 288 g/mol. The Labute approximate surface area is 119 Å². The lowest BCUT2D eigenvalue weighted by Gasteiger charge is -2.06. The van der Waals surface area contributed by atoms with E-state index in [-0.39, 0.29) is 5.91 Å². The van der Waals surface area contributed by atoms with Gasteiger partial charge in [-0.1, -0.05) is 0 Å². The Hall–Kier alpha value is -2.47. The number of nitrogens with zero attached hydrogens (tertiary/aromatic N) is 1. The summed E-state index contributed by atoms with van der Waals surface area (Å²) >= 11 is 1.26. The molecule has 20 heavy (non-hydrogen) atoms. The summed E-state index contributed by atoms with van der Waals surface area (Å²) in [5, 5.41) is 13.1. The zero-order valence-corrected chi connectivity index (χ0v) is 11.5. The maximum Gasteiger partial charge on any atom is 0.328 e. The molecule has 2 N–H and O–H groups in total. The summed E-state index contributed by atoms with van der Waals surface area (Å²) in [4.78, 5) is 27.1. The number of aliphatic carboxylic acids is 1. The van der Waals surface area contributed by atoms with Crippen LogP contribution in [-0.4, -0.2) is 22.0 Å². The van der Waals surface area contributed by atoms with Crippen molar-refractivity contribution in [3.8, 4) is 0 Å². The van der Waals surface area contributed by atoms with Gasteiger partial charge in [0.25, 0.3) is 5.91 Å². The number of hydrogen-bond acceptors (Lipinski definition) is 4. The van der Waals surface area contributed by atoms with Crippen LogP contribution in [0.3, 0.4) is 0 Å². The second kappa shape index (κ2) is 6.12. The number of carbonyl (C=O) groups excluding carboxylic acids is 1. The Morgan fingerprint density at radius 2 is 2.20 bits per heavy atom. The third-order valence-electron chi connectivity index (χ3n) is 2.59. The van der Waals surface area contributed by atoms with Gasteiger partial charge in [0.15, 0.2) is 0 Å². The third-order valence-corrected chi connectivity index (χ3v) is 3.52. The van der Waals surface area contributed by atoms with Crippen molar-refractivity contribution in [1.29, 1.82) is 0 Å². The first kappa shape index (κ1) is 14.0. The number of aryl methyl sites for hydroxylation is 1. The van der Waals surface area contributed by atoms with E-state index in [1.165, 1.54) is 17.4 Å². The Balaban J connectivity index is 2.20. The van der Waals surface area contributed by atoms with Crippen molar-refractivity contribution in [2.45, 2.75) is 6.92 Å². The molecule has 2 rings (SSSR count). The van der Waals surface area contributed by atoms with E-state index in [1.807, 2.05) is 6.92 Å². The van der Waals surface area contributed by atoms with Crippen LogP contribution in [0.4, 0.5) is 5.69 Å². The lowest BCUT2D eigenvalue weighted by Crippen LogP contribution is -2.12. The van der Waals surface area contributed by atoms with Crippen LogP contribution >= 0.6 is 11.3 Å². The van der Waals surface area contributed by atoms with Gasteiger partial charge in [0.1, 0.15) is 0 Å². The highest BCUT2D eigenvalue weighted by Crippen LogP contribution is 2.21. The SMILES string of the molecule is Cc1ccncc1NC(=O)c1sccc1C=CC(=O)O. The molecule has 0 saturated carbocycles. The van der Waals surface area contributed by atoms with Gasteiger partial charge in [0.05, 0.1) is 16.8 Å². The van der Waals surface area contributed by atoms with E-state index in [0.29, 0.717) is 16.1 Å². The van der Waals surface area contributed by atoms with Crippen molar-refractivity contribution in [2.24, 2.45) is 0 Å². The van der Waals surface area contributed by atoms with Gasteiger partial charge in [-0.25, -0.2) is 4.79 Å². The fourth-order valence-electron chi connectivity index (χ4n) is 1.57. The van der Waals surface area contributed by atoms with Gasteiger partial charge in [-0.05, 0) is 41.6 Å². The minimum atomic E-state index is -1.05. The molecular formula is C14H12N2O3S. The van der Waals surface area contributed by atoms with Crippen LogP contribution in [0.1, 0.15) is 20.8 Å². The lowest BCUT2D eigenvalue weighted by molar-refractivity contribution is -0.131. The van der Waals surface area contributed by atoms with Crippen LogP contribution in [0.15, 0.2) is 36.0 Å². The van der Waals surface area contributed by atoms with Crippen molar-refractivity contribution in [2.75, 3.05) is 5.32 Å². The summed E-state index contributed by atoms with van der Waals surface area (Å²) < 4.78 is 0. The monoisotopic (exact) mass is 288 g/mol. The predicted molar refractivity (Wildman–Crippen MR) is 77.9 cm³/mol. The number of nitrogens with one attached hydrogen (secondary N) is 1. The molecule has 0 saturated heterocycles. The number of thiophene rings is 1. The van der Waals surface area contributed by atoms with Crippen LogP contribution in [0.5, 0.6) is 0 Å². The van der Waals surface area contributed by atoms with Gasteiger partial charge >= 0.3 is 5.97 Å². The lowest BCUT2D eigenvalue weighted by atomic mass is 10.2. The fraction of sp³-hybridized carbons (Fsp3) is 0.0714. The fourth-order valence-corrected chi connectivity index (χ4v) is 2.35. The predicted octanol–water partition coefficient (Wildman–Crippen LogP) is 2.80. The topological polar surface area (TPSA) is 79.3 Å². The molecular weight excluding hydrogens is 276 g/mol. The molecule has 0 aliphatic rings. The van der Waals surface area contributed by atoms with E-state index in [1.54, 1.807) is 29.9 Å². The summed E-state index contributed by atoms with van der Waals surface area (Å²) in [5.41, 5.74) is 2.13. The maximum absolute atomic E-state index is 12.2. The number of rotatable bonds is 4. The highest BCUT2D eigenvalue weighted by Gasteiger charge is 2.13. The van der Waals surface area contributed by atoms with E-state index < -0.39 is 5.97 Å². The Bertz CT molecular complexity index is 677. The number of carbonyl (C=O) groups is 2. The molecule has 6 heteroatoms. The van der Waals surface area contributed by atoms with Crippen molar-refractivity contribution in [3.05, 3.63) is 52.0 Å². The van der Waals surface area contributed by atoms with Crippen LogP contribution in [0.25, 0.3) is 6.08 Å². The number of hydrogen-bond donors (Lipinski definition) is 2. The average Bonchev–Trinajstić information content (AvgIpc) is 2.87. The van der Waals surface area contributed by atoms with E-state index in [4.69, 9.17) is 5.11 Å². The van der Waals surface area contributed by atoms with Crippen LogP contribution in [0, 0.1) is 6.92 Å². The van der Waals surface area contributed by atoms with Crippen molar-refractivity contribution >= 4 is 35.0 Å². The number of carboxylic acids is 1. The summed E-state index contributed by atoms with van der Waals surface area (Å²) in [6, 6.07) is 3.50. The molecule has 0 aromatic carbocycles. The summed E-state index contributed by atoms with van der Waals surface area (Å²) in [5.74, 6) is -1.33. The zero-order chi connectivity index (χ0) is 14.5. The molecule has 2 aromatic rings. The second-order valence-electron chi connectivity index (χ2n) is 4.02. The van der Waals surface area contributed by atoms with Crippen LogP contribution < -0.4 is 5.32 Å². The Kier molecular flexibility index (Phi) is 4.27. The number of anilines is 1. The van der Waals surface area contributed by atoms with E-state index in [0.717, 1.165) is 11.6 Å². The van der Waals surface area contributed by atoms with Crippen molar-refractivity contribution in [3.63, 3.8) is 0 Å². The van der Waals surface area contributed by atoms with E-state index >= 15 is 0 Å². The zero-order valence-electron chi connectivity index (χ0n) is 10.7. The minimum absolute atomic E-state index is 0.277. The minimum Gasteiger partial charge on any atom is -0.478 e. The molecule has 0 atom stereocenters. The first-order chi connectivity index (χ1) is 9.58. The molecule has 0 spiro atoms. The first-order valence-corrected chi connectivity index (χ1v) is 6.66. The Morgan fingerprint density at radius 3 is 2.90 bits per heavy atom. The molecule has 2 aromatic heterocycles. The van der Waals surface area contributed by atoms with E-state index in [2.05, 4.69) is 10.3 Å². The standard InChI is InChI=1S/C14H12N2O3S/c1-9-4-6-15-8-11(9)16-14(19)13-10(5-7-20-13)2-3-12(17)18/h2-8H,1H3,(H,16,19)(H,17,18). The molecule has 5 nitrogen and oxygen atoms in total. The summed E-state index contributed by atoms with van der Waals surface area (Å²) in [7, 11) is 0.